The van der Waals surface area contributed by atoms with E-state index in [1.807, 2.05) is 6.92 Å². The maximum atomic E-state index is 12.0. The molecule has 0 saturated heterocycles. The number of hydrogen-bond donors (Lipinski definition) is 2. The molecule has 0 aromatic rings. The maximum absolute atomic E-state index is 12.0. The van der Waals surface area contributed by atoms with Crippen LogP contribution in [0.3, 0.4) is 0 Å². The number of fused-ring (bicyclic) bond motifs is 5. The minimum absolute atomic E-state index is 0.215. The van der Waals surface area contributed by atoms with Crippen LogP contribution in [0.15, 0.2) is 23.8 Å². The molecular formula is C30H50O3. The molecule has 0 aliphatic heterocycles. The van der Waals surface area contributed by atoms with Gasteiger partial charge in [-0.05, 0) is 86.4 Å². The van der Waals surface area contributed by atoms with Crippen LogP contribution in [0, 0.1) is 46.3 Å². The second-order valence-corrected chi connectivity index (χ2v) is 13.0. The molecule has 4 rings (SSSR count). The number of rotatable bonds is 6. The fourth-order valence-electron chi connectivity index (χ4n) is 8.50. The summed E-state index contributed by atoms with van der Waals surface area (Å²) >= 11 is 0. The molecule has 0 heterocycles. The first-order valence-corrected chi connectivity index (χ1v) is 13.9. The van der Waals surface area contributed by atoms with Crippen molar-refractivity contribution in [3.8, 4) is 0 Å². The smallest absolute Gasteiger partial charge is 0.105 e. The molecule has 0 unspecified atom stereocenters. The lowest BCUT2D eigenvalue weighted by Crippen LogP contribution is -2.66. The molecule has 0 spiro atoms. The third-order valence-corrected chi connectivity index (χ3v) is 11.1. The first kappa shape index (κ1) is 25.5. The number of aliphatic hydroxyl groups excluding tert-OH is 1. The Morgan fingerprint density at radius 1 is 1.03 bits per heavy atom. The zero-order valence-corrected chi connectivity index (χ0v) is 22.3. The molecule has 3 heteroatoms. The SMILES string of the molecule is CCO[C@@H]1C=C2[C@@H]3CC[C@H]([C@H](C)/C=C/[C@H](C)C(C)C)[C@@]3(C)CC[C@@H]2[C@@]2(C)CC[C@H](O)C[C@]12O. The summed E-state index contributed by atoms with van der Waals surface area (Å²) in [6.07, 6.45) is 13.6. The van der Waals surface area contributed by atoms with Gasteiger partial charge in [0.05, 0.1) is 6.10 Å². The largest absolute Gasteiger partial charge is 0.393 e. The van der Waals surface area contributed by atoms with Gasteiger partial charge in [-0.15, -0.1) is 0 Å². The molecule has 33 heavy (non-hydrogen) atoms. The molecular weight excluding hydrogens is 408 g/mol. The van der Waals surface area contributed by atoms with E-state index in [0.29, 0.717) is 54.0 Å². The van der Waals surface area contributed by atoms with E-state index in [0.717, 1.165) is 19.3 Å². The van der Waals surface area contributed by atoms with Gasteiger partial charge in [0.1, 0.15) is 11.7 Å². The van der Waals surface area contributed by atoms with Crippen LogP contribution >= 0.6 is 0 Å². The summed E-state index contributed by atoms with van der Waals surface area (Å²) in [5.41, 5.74) is 0.724. The summed E-state index contributed by atoms with van der Waals surface area (Å²) in [6.45, 7) is 16.9. The van der Waals surface area contributed by atoms with E-state index < -0.39 is 11.7 Å². The van der Waals surface area contributed by atoms with E-state index in [-0.39, 0.29) is 11.5 Å². The Bertz CT molecular complexity index is 771. The van der Waals surface area contributed by atoms with Crippen molar-refractivity contribution < 1.29 is 14.9 Å². The van der Waals surface area contributed by atoms with Crippen LogP contribution in [0.25, 0.3) is 0 Å². The molecule has 0 aromatic heterocycles. The fraction of sp³-hybridized carbons (Fsp3) is 0.867. The molecule has 0 aromatic carbocycles. The van der Waals surface area contributed by atoms with Crippen molar-refractivity contribution in [3.63, 3.8) is 0 Å². The molecule has 10 atom stereocenters. The molecule has 188 valence electrons. The topological polar surface area (TPSA) is 49.7 Å². The highest BCUT2D eigenvalue weighted by molar-refractivity contribution is 5.33. The van der Waals surface area contributed by atoms with E-state index >= 15 is 0 Å². The maximum Gasteiger partial charge on any atom is 0.105 e. The summed E-state index contributed by atoms with van der Waals surface area (Å²) in [6, 6.07) is 0. The minimum atomic E-state index is -0.969. The molecule has 0 radical (unpaired) electrons. The Hall–Kier alpha value is -0.640. The molecule has 4 aliphatic carbocycles. The molecule has 0 bridgehead atoms. The van der Waals surface area contributed by atoms with Crippen molar-refractivity contribution in [3.05, 3.63) is 23.8 Å². The highest BCUT2D eigenvalue weighted by atomic mass is 16.5. The van der Waals surface area contributed by atoms with Gasteiger partial charge in [-0.3, -0.25) is 0 Å². The average Bonchev–Trinajstić information content (AvgIpc) is 3.11. The van der Waals surface area contributed by atoms with Gasteiger partial charge in [0, 0.05) is 18.4 Å². The Balaban J connectivity index is 1.65. The van der Waals surface area contributed by atoms with Gasteiger partial charge in [0.2, 0.25) is 0 Å². The van der Waals surface area contributed by atoms with Gasteiger partial charge in [-0.25, -0.2) is 0 Å². The van der Waals surface area contributed by atoms with Crippen LogP contribution in [0.1, 0.15) is 93.4 Å². The Morgan fingerprint density at radius 2 is 1.76 bits per heavy atom. The lowest BCUT2D eigenvalue weighted by atomic mass is 9.45. The van der Waals surface area contributed by atoms with Crippen molar-refractivity contribution in [2.24, 2.45) is 46.3 Å². The fourth-order valence-corrected chi connectivity index (χ4v) is 8.50. The Labute approximate surface area is 203 Å². The van der Waals surface area contributed by atoms with Crippen molar-refractivity contribution in [2.75, 3.05) is 6.61 Å². The minimum Gasteiger partial charge on any atom is -0.393 e. The molecule has 3 nitrogen and oxygen atoms in total. The van der Waals surface area contributed by atoms with Crippen LogP contribution in [-0.2, 0) is 4.74 Å². The Morgan fingerprint density at radius 3 is 2.42 bits per heavy atom. The summed E-state index contributed by atoms with van der Waals surface area (Å²) < 4.78 is 6.21. The van der Waals surface area contributed by atoms with E-state index in [1.54, 1.807) is 5.57 Å². The van der Waals surface area contributed by atoms with Crippen LogP contribution in [0.4, 0.5) is 0 Å². The monoisotopic (exact) mass is 458 g/mol. The van der Waals surface area contributed by atoms with Crippen molar-refractivity contribution in [2.45, 2.75) is 111 Å². The number of ether oxygens (including phenoxy) is 1. The number of aliphatic hydroxyl groups is 2. The summed E-state index contributed by atoms with van der Waals surface area (Å²) in [5, 5.41) is 22.5. The van der Waals surface area contributed by atoms with E-state index in [2.05, 4.69) is 59.8 Å². The van der Waals surface area contributed by atoms with Crippen molar-refractivity contribution in [1.82, 2.24) is 0 Å². The second-order valence-electron chi connectivity index (χ2n) is 13.0. The molecule has 0 amide bonds. The number of allylic oxidation sites excluding steroid dienone is 3. The Kier molecular flexibility index (Phi) is 7.02. The van der Waals surface area contributed by atoms with Crippen molar-refractivity contribution >= 4 is 0 Å². The standard InChI is InChI=1S/C30H50O3/c1-8-33-27-17-23-25-12-11-24(21(5)10-9-20(4)19(2)3)28(25,6)15-14-26(23)29(7)16-13-22(31)18-30(27,29)32/h9-10,17,19-22,24-27,31-32H,8,11-16,18H2,1-7H3/b10-9+/t20-,21+,22-,24+,25-,26-,27+,28+,29+,30-/m0/s1. The predicted molar refractivity (Wildman–Crippen MR) is 136 cm³/mol. The van der Waals surface area contributed by atoms with Gasteiger partial charge in [-0.2, -0.15) is 0 Å². The predicted octanol–water partition coefficient (Wildman–Crippen LogP) is 6.54. The highest BCUT2D eigenvalue weighted by Crippen LogP contribution is 2.67. The zero-order chi connectivity index (χ0) is 24.2. The third-order valence-electron chi connectivity index (χ3n) is 11.1. The average molecular weight is 459 g/mol. The van der Waals surface area contributed by atoms with Gasteiger partial charge < -0.3 is 14.9 Å². The molecule has 3 fully saturated rings. The first-order valence-electron chi connectivity index (χ1n) is 13.9. The van der Waals surface area contributed by atoms with Crippen LogP contribution in [0.2, 0.25) is 0 Å². The molecule has 4 aliphatic rings. The highest BCUT2D eigenvalue weighted by Gasteiger charge is 2.65. The normalized spacial score (nSPS) is 47.1. The van der Waals surface area contributed by atoms with Gasteiger partial charge in [0.25, 0.3) is 0 Å². The zero-order valence-electron chi connectivity index (χ0n) is 22.3. The van der Waals surface area contributed by atoms with Crippen LogP contribution in [-0.4, -0.2) is 34.6 Å². The third kappa shape index (κ3) is 3.99. The second kappa shape index (κ2) is 9.10. The van der Waals surface area contributed by atoms with Crippen LogP contribution in [0.5, 0.6) is 0 Å². The van der Waals surface area contributed by atoms with E-state index in [4.69, 9.17) is 4.74 Å². The summed E-state index contributed by atoms with van der Waals surface area (Å²) in [7, 11) is 0. The first-order chi connectivity index (χ1) is 15.5. The van der Waals surface area contributed by atoms with Crippen molar-refractivity contribution in [1.29, 1.82) is 0 Å². The van der Waals surface area contributed by atoms with E-state index in [1.165, 1.54) is 19.3 Å². The van der Waals surface area contributed by atoms with Gasteiger partial charge in [0.15, 0.2) is 0 Å². The van der Waals surface area contributed by atoms with E-state index in [9.17, 15) is 10.2 Å². The van der Waals surface area contributed by atoms with Gasteiger partial charge in [-0.1, -0.05) is 65.3 Å². The lowest BCUT2D eigenvalue weighted by Gasteiger charge is -2.62. The van der Waals surface area contributed by atoms with Gasteiger partial charge >= 0.3 is 0 Å². The molecule has 2 N–H and O–H groups in total. The quantitative estimate of drug-likeness (QED) is 0.444. The summed E-state index contributed by atoms with van der Waals surface area (Å²) in [4.78, 5) is 0. The summed E-state index contributed by atoms with van der Waals surface area (Å²) in [5.74, 6) is 3.63. The number of hydrogen-bond acceptors (Lipinski definition) is 3. The lowest BCUT2D eigenvalue weighted by molar-refractivity contribution is -0.220. The molecule has 3 saturated carbocycles. The van der Waals surface area contributed by atoms with Crippen LogP contribution < -0.4 is 0 Å².